The number of rotatable bonds is 5. The maximum atomic E-state index is 9.12. The minimum absolute atomic E-state index is 0.0146. The lowest BCUT2D eigenvalue weighted by Gasteiger charge is -2.21. The van der Waals surface area contributed by atoms with E-state index in [4.69, 9.17) is 20.5 Å². The van der Waals surface area contributed by atoms with E-state index in [1.54, 1.807) is 7.11 Å². The Morgan fingerprint density at radius 1 is 1.45 bits per heavy atom. The summed E-state index contributed by atoms with van der Waals surface area (Å²) in [6, 6.07) is 2.37. The van der Waals surface area contributed by atoms with Crippen molar-refractivity contribution in [1.29, 1.82) is 5.26 Å². The summed E-state index contributed by atoms with van der Waals surface area (Å²) in [5.74, 6) is 0.600. The lowest BCUT2D eigenvalue weighted by molar-refractivity contribution is 0.101. The molecule has 0 aliphatic heterocycles. The third-order valence-corrected chi connectivity index (χ3v) is 4.45. The van der Waals surface area contributed by atoms with Gasteiger partial charge in [-0.15, -0.1) is 11.3 Å². The molecule has 0 saturated heterocycles. The molecule has 0 aromatic carbocycles. The zero-order valence-corrected chi connectivity index (χ0v) is 12.9. The first kappa shape index (κ1) is 14.9. The van der Waals surface area contributed by atoms with Gasteiger partial charge in [0.25, 0.3) is 0 Å². The van der Waals surface area contributed by atoms with Crippen molar-refractivity contribution in [3.8, 4) is 11.8 Å². The van der Waals surface area contributed by atoms with Crippen molar-refractivity contribution < 1.29 is 9.47 Å². The van der Waals surface area contributed by atoms with Crippen LogP contribution >= 0.6 is 11.3 Å². The second-order valence-corrected chi connectivity index (χ2v) is 6.26. The van der Waals surface area contributed by atoms with Crippen LogP contribution in [0.2, 0.25) is 0 Å². The van der Waals surface area contributed by atoms with E-state index in [2.05, 4.69) is 11.4 Å². The summed E-state index contributed by atoms with van der Waals surface area (Å²) in [7, 11) is 1.74. The summed E-state index contributed by atoms with van der Waals surface area (Å²) in [6.45, 7) is 3.89. The maximum absolute atomic E-state index is 9.12. The lowest BCUT2D eigenvalue weighted by Crippen LogP contribution is -2.29. The van der Waals surface area contributed by atoms with Crippen molar-refractivity contribution in [2.75, 3.05) is 18.2 Å². The van der Waals surface area contributed by atoms with Gasteiger partial charge in [-0.2, -0.15) is 5.26 Å². The van der Waals surface area contributed by atoms with Gasteiger partial charge in [-0.05, 0) is 33.1 Å². The Morgan fingerprint density at radius 2 is 2.20 bits per heavy atom. The van der Waals surface area contributed by atoms with E-state index in [1.165, 1.54) is 11.3 Å². The molecule has 1 saturated carbocycles. The molecule has 1 aliphatic carbocycles. The van der Waals surface area contributed by atoms with E-state index < -0.39 is 0 Å². The molecular weight excluding hydrogens is 274 g/mol. The summed E-state index contributed by atoms with van der Waals surface area (Å²) in [5, 5.41) is 13.4. The van der Waals surface area contributed by atoms with Crippen LogP contribution in [-0.2, 0) is 4.74 Å². The Bertz CT molecular complexity index is 507. The number of anilines is 2. The molecule has 110 valence electrons. The SMILES string of the molecule is COC1CCCC1Nc1sc(C#N)c(N)c1OC(C)C. The summed E-state index contributed by atoms with van der Waals surface area (Å²) < 4.78 is 11.3. The quantitative estimate of drug-likeness (QED) is 0.873. The molecule has 1 heterocycles. The summed E-state index contributed by atoms with van der Waals surface area (Å²) in [5.41, 5.74) is 6.43. The predicted octanol–water partition coefficient (Wildman–Crippen LogP) is 2.97. The van der Waals surface area contributed by atoms with Gasteiger partial charge in [0.2, 0.25) is 0 Å². The minimum atomic E-state index is 0.0146. The number of methoxy groups -OCH3 is 1. The highest BCUT2D eigenvalue weighted by atomic mass is 32.1. The normalized spacial score (nSPS) is 21.9. The van der Waals surface area contributed by atoms with Gasteiger partial charge >= 0.3 is 0 Å². The smallest absolute Gasteiger partial charge is 0.178 e. The molecule has 1 aromatic rings. The largest absolute Gasteiger partial charge is 0.486 e. The number of nitrogens with two attached hydrogens (primary N) is 1. The van der Waals surface area contributed by atoms with E-state index in [9.17, 15) is 0 Å². The van der Waals surface area contributed by atoms with Crippen LogP contribution in [0.25, 0.3) is 0 Å². The van der Waals surface area contributed by atoms with Crippen LogP contribution < -0.4 is 15.8 Å². The number of nitrogens with zero attached hydrogens (tertiary/aromatic N) is 1. The highest BCUT2D eigenvalue weighted by Gasteiger charge is 2.29. The number of hydrogen-bond donors (Lipinski definition) is 2. The standard InChI is InChI=1S/C14H21N3O2S/c1-8(2)19-13-12(16)11(7-15)20-14(13)17-9-5-4-6-10(9)18-3/h8-10,17H,4-6,16H2,1-3H3. The number of nitrogen functional groups attached to an aromatic ring is 1. The number of thiophene rings is 1. The highest BCUT2D eigenvalue weighted by molar-refractivity contribution is 7.17. The molecule has 2 unspecified atom stereocenters. The predicted molar refractivity (Wildman–Crippen MR) is 81.3 cm³/mol. The fraction of sp³-hybridized carbons (Fsp3) is 0.643. The van der Waals surface area contributed by atoms with Gasteiger partial charge in [-0.3, -0.25) is 0 Å². The summed E-state index contributed by atoms with van der Waals surface area (Å²) in [6.07, 6.45) is 3.47. The Balaban J connectivity index is 2.24. The number of ether oxygens (including phenoxy) is 2. The van der Waals surface area contributed by atoms with Crippen LogP contribution in [0.3, 0.4) is 0 Å². The third-order valence-electron chi connectivity index (χ3n) is 3.43. The molecule has 2 rings (SSSR count). The fourth-order valence-electron chi connectivity index (χ4n) is 2.50. The first-order valence-electron chi connectivity index (χ1n) is 6.85. The van der Waals surface area contributed by atoms with Crippen LogP contribution in [0.5, 0.6) is 5.75 Å². The Kier molecular flexibility index (Phi) is 4.73. The second-order valence-electron chi connectivity index (χ2n) is 5.24. The highest BCUT2D eigenvalue weighted by Crippen LogP contribution is 2.44. The number of nitrogens with one attached hydrogen (secondary N) is 1. The molecule has 1 fully saturated rings. The van der Waals surface area contributed by atoms with E-state index in [1.807, 2.05) is 13.8 Å². The fourth-order valence-corrected chi connectivity index (χ4v) is 3.41. The zero-order valence-electron chi connectivity index (χ0n) is 12.1. The van der Waals surface area contributed by atoms with Gasteiger partial charge in [0, 0.05) is 7.11 Å². The van der Waals surface area contributed by atoms with Crippen LogP contribution in [0.15, 0.2) is 0 Å². The molecule has 0 amide bonds. The third kappa shape index (κ3) is 3.00. The van der Waals surface area contributed by atoms with Crippen molar-refractivity contribution >= 4 is 22.0 Å². The molecule has 1 aliphatic rings. The van der Waals surface area contributed by atoms with Crippen molar-refractivity contribution in [2.45, 2.75) is 51.4 Å². The Hall–Kier alpha value is -1.45. The van der Waals surface area contributed by atoms with Gasteiger partial charge in [-0.1, -0.05) is 0 Å². The first-order chi connectivity index (χ1) is 9.56. The van der Waals surface area contributed by atoms with E-state index in [0.717, 1.165) is 24.3 Å². The molecule has 5 nitrogen and oxygen atoms in total. The van der Waals surface area contributed by atoms with Crippen molar-refractivity contribution in [1.82, 2.24) is 0 Å². The Morgan fingerprint density at radius 3 is 2.80 bits per heavy atom. The number of hydrogen-bond acceptors (Lipinski definition) is 6. The first-order valence-corrected chi connectivity index (χ1v) is 7.66. The molecule has 0 radical (unpaired) electrons. The average molecular weight is 295 g/mol. The van der Waals surface area contributed by atoms with Gasteiger partial charge in [0.1, 0.15) is 21.6 Å². The van der Waals surface area contributed by atoms with Crippen LogP contribution in [0.4, 0.5) is 10.7 Å². The molecular formula is C14H21N3O2S. The van der Waals surface area contributed by atoms with Crippen molar-refractivity contribution in [3.63, 3.8) is 0 Å². The van der Waals surface area contributed by atoms with Gasteiger partial charge < -0.3 is 20.5 Å². The van der Waals surface area contributed by atoms with Gasteiger partial charge in [0.05, 0.1) is 18.2 Å². The lowest BCUT2D eigenvalue weighted by atomic mass is 10.2. The topological polar surface area (TPSA) is 80.3 Å². The molecule has 0 spiro atoms. The molecule has 0 bridgehead atoms. The molecule has 1 aromatic heterocycles. The van der Waals surface area contributed by atoms with E-state index in [0.29, 0.717) is 16.3 Å². The average Bonchev–Trinajstić information content (AvgIpc) is 2.97. The van der Waals surface area contributed by atoms with Crippen LogP contribution in [-0.4, -0.2) is 25.4 Å². The van der Waals surface area contributed by atoms with E-state index >= 15 is 0 Å². The number of nitriles is 1. The molecule has 6 heteroatoms. The Labute approximate surface area is 123 Å². The van der Waals surface area contributed by atoms with Crippen LogP contribution in [0.1, 0.15) is 38.0 Å². The summed E-state index contributed by atoms with van der Waals surface area (Å²) in [4.78, 5) is 0.495. The van der Waals surface area contributed by atoms with Crippen LogP contribution in [0, 0.1) is 11.3 Å². The molecule has 3 N–H and O–H groups in total. The maximum Gasteiger partial charge on any atom is 0.178 e. The monoisotopic (exact) mass is 295 g/mol. The molecule has 2 atom stereocenters. The van der Waals surface area contributed by atoms with Gasteiger partial charge in [0.15, 0.2) is 5.75 Å². The van der Waals surface area contributed by atoms with Gasteiger partial charge in [-0.25, -0.2) is 0 Å². The van der Waals surface area contributed by atoms with E-state index in [-0.39, 0.29) is 18.2 Å². The second kappa shape index (κ2) is 6.33. The van der Waals surface area contributed by atoms with Crippen molar-refractivity contribution in [2.24, 2.45) is 0 Å². The molecule has 20 heavy (non-hydrogen) atoms. The summed E-state index contributed by atoms with van der Waals surface area (Å²) >= 11 is 1.35. The zero-order chi connectivity index (χ0) is 14.7. The minimum Gasteiger partial charge on any atom is -0.486 e. The van der Waals surface area contributed by atoms with Crippen molar-refractivity contribution in [3.05, 3.63) is 4.88 Å².